The van der Waals surface area contributed by atoms with Crippen molar-refractivity contribution < 1.29 is 18.3 Å². The molecule has 0 unspecified atom stereocenters. The van der Waals surface area contributed by atoms with Crippen molar-refractivity contribution in [2.75, 3.05) is 6.54 Å². The van der Waals surface area contributed by atoms with Crippen molar-refractivity contribution in [3.63, 3.8) is 0 Å². The van der Waals surface area contributed by atoms with Gasteiger partial charge in [0.2, 0.25) is 0 Å². The molecule has 0 aliphatic carbocycles. The Morgan fingerprint density at radius 2 is 1.82 bits per heavy atom. The molecule has 170 valence electrons. The maximum absolute atomic E-state index is 14.4. The fourth-order valence-corrected chi connectivity index (χ4v) is 3.77. The largest absolute Gasteiger partial charge is 0.487 e. The summed E-state index contributed by atoms with van der Waals surface area (Å²) in [4.78, 5) is 12.5. The van der Waals surface area contributed by atoms with Crippen molar-refractivity contribution in [2.45, 2.75) is 32.9 Å². The predicted molar refractivity (Wildman–Crippen MR) is 125 cm³/mol. The summed E-state index contributed by atoms with van der Waals surface area (Å²) in [6.07, 6.45) is 1.92. The summed E-state index contributed by atoms with van der Waals surface area (Å²) in [5, 5.41) is 3.76. The van der Waals surface area contributed by atoms with E-state index in [0.717, 1.165) is 41.6 Å². The van der Waals surface area contributed by atoms with E-state index in [4.69, 9.17) is 4.74 Å². The van der Waals surface area contributed by atoms with Crippen LogP contribution in [-0.4, -0.2) is 17.0 Å². The molecule has 0 saturated carbocycles. The SMILES string of the molecule is CCCCNC(=O)c1ccc2c(c1)cc(COc1ccccc1)n2Cc1cc(F)ccc1F. The van der Waals surface area contributed by atoms with E-state index in [1.54, 1.807) is 6.07 Å². The van der Waals surface area contributed by atoms with Crippen LogP contribution in [0.5, 0.6) is 5.75 Å². The van der Waals surface area contributed by atoms with E-state index in [2.05, 4.69) is 12.2 Å². The number of rotatable bonds is 9. The van der Waals surface area contributed by atoms with Gasteiger partial charge in [-0.2, -0.15) is 0 Å². The highest BCUT2D eigenvalue weighted by Crippen LogP contribution is 2.25. The second kappa shape index (κ2) is 10.3. The number of para-hydroxylation sites is 1. The van der Waals surface area contributed by atoms with Gasteiger partial charge in [-0.05, 0) is 61.0 Å². The number of fused-ring (bicyclic) bond motifs is 1. The van der Waals surface area contributed by atoms with Gasteiger partial charge in [-0.3, -0.25) is 4.79 Å². The maximum Gasteiger partial charge on any atom is 0.251 e. The van der Waals surface area contributed by atoms with Crippen molar-refractivity contribution >= 4 is 16.8 Å². The fourth-order valence-electron chi connectivity index (χ4n) is 3.77. The molecule has 0 aliphatic rings. The molecule has 3 aromatic carbocycles. The molecule has 0 atom stereocenters. The number of hydrogen-bond donors (Lipinski definition) is 1. The van der Waals surface area contributed by atoms with Crippen LogP contribution < -0.4 is 10.1 Å². The number of aromatic nitrogens is 1. The van der Waals surface area contributed by atoms with Crippen molar-refractivity contribution in [1.29, 1.82) is 0 Å². The molecule has 0 radical (unpaired) electrons. The first kappa shape index (κ1) is 22.5. The van der Waals surface area contributed by atoms with Crippen molar-refractivity contribution in [3.05, 3.63) is 101 Å². The molecule has 1 aromatic heterocycles. The number of hydrogen-bond acceptors (Lipinski definition) is 2. The number of ether oxygens (including phenoxy) is 1. The molecule has 1 heterocycles. The summed E-state index contributed by atoms with van der Waals surface area (Å²) >= 11 is 0. The Morgan fingerprint density at radius 3 is 2.61 bits per heavy atom. The summed E-state index contributed by atoms with van der Waals surface area (Å²) in [5.41, 5.74) is 2.41. The lowest BCUT2D eigenvalue weighted by molar-refractivity contribution is 0.0953. The fraction of sp³-hybridized carbons (Fsp3) is 0.222. The normalized spacial score (nSPS) is 11.0. The molecular weight excluding hydrogens is 422 g/mol. The number of benzene rings is 3. The van der Waals surface area contributed by atoms with E-state index in [9.17, 15) is 13.6 Å². The molecule has 33 heavy (non-hydrogen) atoms. The van der Waals surface area contributed by atoms with Gasteiger partial charge in [0.05, 0.1) is 12.2 Å². The minimum absolute atomic E-state index is 0.128. The van der Waals surface area contributed by atoms with Crippen molar-refractivity contribution in [2.24, 2.45) is 0 Å². The summed E-state index contributed by atoms with van der Waals surface area (Å²) in [5.74, 6) is -0.380. The molecule has 0 saturated heterocycles. The molecule has 4 aromatic rings. The third-order valence-corrected chi connectivity index (χ3v) is 5.53. The summed E-state index contributed by atoms with van der Waals surface area (Å²) in [6, 6.07) is 20.2. The zero-order chi connectivity index (χ0) is 23.2. The molecule has 4 nitrogen and oxygen atoms in total. The Hall–Kier alpha value is -3.67. The monoisotopic (exact) mass is 448 g/mol. The van der Waals surface area contributed by atoms with E-state index < -0.39 is 11.6 Å². The van der Waals surface area contributed by atoms with Crippen molar-refractivity contribution in [1.82, 2.24) is 9.88 Å². The number of carbonyl (C=O) groups excluding carboxylic acids is 1. The Labute approximate surface area is 191 Å². The van der Waals surface area contributed by atoms with E-state index in [0.29, 0.717) is 17.9 Å². The van der Waals surface area contributed by atoms with Crippen LogP contribution in [0.3, 0.4) is 0 Å². The number of unbranched alkanes of at least 4 members (excludes halogenated alkanes) is 1. The first-order valence-corrected chi connectivity index (χ1v) is 11.1. The molecule has 0 spiro atoms. The topological polar surface area (TPSA) is 43.3 Å². The number of nitrogens with one attached hydrogen (secondary N) is 1. The molecule has 4 rings (SSSR count). The molecule has 1 amide bonds. The number of amides is 1. The molecule has 1 N–H and O–H groups in total. The highest BCUT2D eigenvalue weighted by Gasteiger charge is 2.15. The van der Waals surface area contributed by atoms with Gasteiger partial charge in [-0.15, -0.1) is 0 Å². The van der Waals surface area contributed by atoms with Gasteiger partial charge in [0.15, 0.2) is 0 Å². The molecular formula is C27H26F2N2O2. The van der Waals surface area contributed by atoms with E-state index in [1.807, 2.05) is 53.1 Å². The Balaban J connectivity index is 1.68. The predicted octanol–water partition coefficient (Wildman–Crippen LogP) is 6.08. The molecule has 0 aliphatic heterocycles. The zero-order valence-electron chi connectivity index (χ0n) is 18.5. The Morgan fingerprint density at radius 1 is 1.00 bits per heavy atom. The van der Waals surface area contributed by atoms with Gasteiger partial charge in [0, 0.05) is 28.6 Å². The quantitative estimate of drug-likeness (QED) is 0.316. The molecule has 6 heteroatoms. The summed E-state index contributed by atoms with van der Waals surface area (Å²) in [6.45, 7) is 3.08. The lowest BCUT2D eigenvalue weighted by atomic mass is 10.1. The molecule has 0 bridgehead atoms. The van der Waals surface area contributed by atoms with Crippen molar-refractivity contribution in [3.8, 4) is 5.75 Å². The molecule has 0 fully saturated rings. The van der Waals surface area contributed by atoms with Gasteiger partial charge in [-0.1, -0.05) is 31.5 Å². The van der Waals surface area contributed by atoms with Gasteiger partial charge < -0.3 is 14.6 Å². The first-order chi connectivity index (χ1) is 16.0. The second-order valence-electron chi connectivity index (χ2n) is 7.94. The van der Waals surface area contributed by atoms with E-state index >= 15 is 0 Å². The van der Waals surface area contributed by atoms with Crippen LogP contribution in [0, 0.1) is 11.6 Å². The van der Waals surface area contributed by atoms with Crippen LogP contribution in [0.15, 0.2) is 72.8 Å². The maximum atomic E-state index is 14.4. The van der Waals surface area contributed by atoms with Crippen LogP contribution in [0.1, 0.15) is 41.4 Å². The highest BCUT2D eigenvalue weighted by molar-refractivity contribution is 5.98. The smallest absolute Gasteiger partial charge is 0.251 e. The van der Waals surface area contributed by atoms with Gasteiger partial charge in [-0.25, -0.2) is 8.78 Å². The second-order valence-corrected chi connectivity index (χ2v) is 7.94. The van der Waals surface area contributed by atoms with Crippen LogP contribution in [-0.2, 0) is 13.2 Å². The average Bonchev–Trinajstić information content (AvgIpc) is 3.17. The standard InChI is InChI=1S/C27H26F2N2O2/c1-2-3-13-30-27(32)19-9-12-26-20(14-19)16-23(18-33-24-7-5-4-6-8-24)31(26)17-21-15-22(28)10-11-25(21)29/h4-12,14-16H,2-3,13,17-18H2,1H3,(H,30,32). The minimum Gasteiger partial charge on any atom is -0.487 e. The first-order valence-electron chi connectivity index (χ1n) is 11.1. The third-order valence-electron chi connectivity index (χ3n) is 5.53. The van der Waals surface area contributed by atoms with Crippen LogP contribution >= 0.6 is 0 Å². The van der Waals surface area contributed by atoms with Crippen LogP contribution in [0.4, 0.5) is 8.78 Å². The highest BCUT2D eigenvalue weighted by atomic mass is 19.1. The Bertz CT molecular complexity index is 1250. The van der Waals surface area contributed by atoms with Crippen LogP contribution in [0.2, 0.25) is 0 Å². The number of nitrogens with zero attached hydrogens (tertiary/aromatic N) is 1. The lowest BCUT2D eigenvalue weighted by Crippen LogP contribution is -2.24. The van der Waals surface area contributed by atoms with Gasteiger partial charge >= 0.3 is 0 Å². The van der Waals surface area contributed by atoms with E-state index in [-0.39, 0.29) is 24.6 Å². The Kier molecular flexibility index (Phi) is 7.03. The van der Waals surface area contributed by atoms with Gasteiger partial charge in [0.25, 0.3) is 5.91 Å². The lowest BCUT2D eigenvalue weighted by Gasteiger charge is -2.13. The summed E-state index contributed by atoms with van der Waals surface area (Å²) < 4.78 is 36.0. The van der Waals surface area contributed by atoms with Crippen LogP contribution in [0.25, 0.3) is 10.9 Å². The average molecular weight is 449 g/mol. The summed E-state index contributed by atoms with van der Waals surface area (Å²) in [7, 11) is 0. The van der Waals surface area contributed by atoms with Gasteiger partial charge in [0.1, 0.15) is 24.0 Å². The minimum atomic E-state index is -0.490. The van der Waals surface area contributed by atoms with E-state index in [1.165, 1.54) is 6.07 Å². The third kappa shape index (κ3) is 5.40. The zero-order valence-corrected chi connectivity index (χ0v) is 18.5. The number of carbonyl (C=O) groups is 1. The number of halogens is 2.